The third-order valence-corrected chi connectivity index (χ3v) is 7.63. The van der Waals surface area contributed by atoms with E-state index in [9.17, 15) is 13.5 Å². The van der Waals surface area contributed by atoms with Crippen LogP contribution >= 0.6 is 0 Å². The van der Waals surface area contributed by atoms with Gasteiger partial charge in [0.15, 0.2) is 11.5 Å². The summed E-state index contributed by atoms with van der Waals surface area (Å²) < 4.78 is 50.1. The Bertz CT molecular complexity index is 1040. The standard InChI is InChI=1S/C24H32N2O7S/c1-2-30-20-4-6-21(7-5-20)33-18-19(27)17-25-10-12-26(13-11-25)34(28,29)22-8-9-23-24(16-22)32-15-3-14-31-23/h4-9,16,19,27H,2-3,10-15,17-18H2,1H3. The van der Waals surface area contributed by atoms with Crippen LogP contribution in [0.4, 0.5) is 0 Å². The zero-order chi connectivity index (χ0) is 24.0. The number of piperazine rings is 1. The van der Waals surface area contributed by atoms with Crippen molar-refractivity contribution in [2.45, 2.75) is 24.3 Å². The molecule has 0 aromatic heterocycles. The van der Waals surface area contributed by atoms with Crippen molar-refractivity contribution >= 4 is 10.0 Å². The van der Waals surface area contributed by atoms with Crippen molar-refractivity contribution in [3.8, 4) is 23.0 Å². The van der Waals surface area contributed by atoms with Crippen molar-refractivity contribution in [3.05, 3.63) is 42.5 Å². The quantitative estimate of drug-likeness (QED) is 0.568. The van der Waals surface area contributed by atoms with Crippen LogP contribution in [0.15, 0.2) is 47.4 Å². The summed E-state index contributed by atoms with van der Waals surface area (Å²) >= 11 is 0. The van der Waals surface area contributed by atoms with Crippen LogP contribution in [-0.4, -0.2) is 88.0 Å². The van der Waals surface area contributed by atoms with E-state index in [0.29, 0.717) is 69.8 Å². The molecule has 1 N–H and O–H groups in total. The summed E-state index contributed by atoms with van der Waals surface area (Å²) in [6, 6.07) is 12.0. The van der Waals surface area contributed by atoms with Gasteiger partial charge >= 0.3 is 0 Å². The maximum atomic E-state index is 13.1. The molecule has 2 aromatic carbocycles. The normalized spacial score (nSPS) is 18.2. The van der Waals surface area contributed by atoms with E-state index in [1.165, 1.54) is 4.31 Å². The Labute approximate surface area is 200 Å². The first kappa shape index (κ1) is 24.6. The summed E-state index contributed by atoms with van der Waals surface area (Å²) in [5, 5.41) is 10.4. The van der Waals surface area contributed by atoms with Gasteiger partial charge in [-0.25, -0.2) is 8.42 Å². The van der Waals surface area contributed by atoms with E-state index in [1.54, 1.807) is 30.3 Å². The fourth-order valence-electron chi connectivity index (χ4n) is 3.95. The van der Waals surface area contributed by atoms with Crippen molar-refractivity contribution < 1.29 is 32.5 Å². The highest BCUT2D eigenvalue weighted by molar-refractivity contribution is 7.89. The van der Waals surface area contributed by atoms with E-state index in [4.69, 9.17) is 18.9 Å². The third-order valence-electron chi connectivity index (χ3n) is 5.73. The molecule has 1 fully saturated rings. The summed E-state index contributed by atoms with van der Waals surface area (Å²) in [6.07, 6.45) is 0.0759. The molecule has 9 nitrogen and oxygen atoms in total. The maximum Gasteiger partial charge on any atom is 0.243 e. The number of β-amino-alcohol motifs (C(OH)–C–C–N with tert-alkyl or cyclic N) is 1. The first-order valence-electron chi connectivity index (χ1n) is 11.6. The topological polar surface area (TPSA) is 97.8 Å². The molecule has 10 heteroatoms. The second-order valence-electron chi connectivity index (χ2n) is 8.23. The van der Waals surface area contributed by atoms with Crippen molar-refractivity contribution in [1.82, 2.24) is 9.21 Å². The Morgan fingerprint density at radius 2 is 1.59 bits per heavy atom. The zero-order valence-electron chi connectivity index (χ0n) is 19.4. The Hall–Kier alpha value is -2.53. The van der Waals surface area contributed by atoms with Gasteiger partial charge in [-0.3, -0.25) is 4.90 Å². The van der Waals surface area contributed by atoms with Crippen LogP contribution < -0.4 is 18.9 Å². The molecule has 1 unspecified atom stereocenters. The largest absolute Gasteiger partial charge is 0.494 e. The number of aliphatic hydroxyl groups excluding tert-OH is 1. The highest BCUT2D eigenvalue weighted by Gasteiger charge is 2.30. The molecule has 34 heavy (non-hydrogen) atoms. The second-order valence-corrected chi connectivity index (χ2v) is 10.2. The van der Waals surface area contributed by atoms with Gasteiger partial charge in [-0.2, -0.15) is 4.31 Å². The minimum absolute atomic E-state index is 0.156. The van der Waals surface area contributed by atoms with Gasteiger partial charge in [0.1, 0.15) is 24.2 Å². The van der Waals surface area contributed by atoms with Crippen LogP contribution in [0.3, 0.4) is 0 Å². The minimum Gasteiger partial charge on any atom is -0.494 e. The SMILES string of the molecule is CCOc1ccc(OCC(O)CN2CCN(S(=O)(=O)c3ccc4c(c3)OCCCO4)CC2)cc1. The summed E-state index contributed by atoms with van der Waals surface area (Å²) in [5.41, 5.74) is 0. The first-order chi connectivity index (χ1) is 16.5. The van der Waals surface area contributed by atoms with Gasteiger partial charge in [0, 0.05) is 45.2 Å². The average molecular weight is 493 g/mol. The highest BCUT2D eigenvalue weighted by atomic mass is 32.2. The molecule has 0 aliphatic carbocycles. The fraction of sp³-hybridized carbons (Fsp3) is 0.500. The van der Waals surface area contributed by atoms with E-state index < -0.39 is 16.1 Å². The lowest BCUT2D eigenvalue weighted by molar-refractivity contribution is 0.0569. The molecule has 0 bridgehead atoms. The van der Waals surface area contributed by atoms with Crippen molar-refractivity contribution in [1.29, 1.82) is 0 Å². The molecule has 0 radical (unpaired) electrons. The van der Waals surface area contributed by atoms with E-state index in [0.717, 1.165) is 12.2 Å². The molecule has 0 spiro atoms. The molecule has 0 amide bonds. The van der Waals surface area contributed by atoms with Gasteiger partial charge in [0.05, 0.1) is 24.7 Å². The molecule has 2 aromatic rings. The molecule has 1 saturated heterocycles. The summed E-state index contributed by atoms with van der Waals surface area (Å²) in [6.45, 7) is 5.91. The Morgan fingerprint density at radius 1 is 0.941 bits per heavy atom. The van der Waals surface area contributed by atoms with Crippen molar-refractivity contribution in [2.75, 3.05) is 59.2 Å². The lowest BCUT2D eigenvalue weighted by Crippen LogP contribution is -2.50. The van der Waals surface area contributed by atoms with E-state index >= 15 is 0 Å². The molecule has 1 atom stereocenters. The number of hydrogen-bond donors (Lipinski definition) is 1. The number of aliphatic hydroxyl groups is 1. The van der Waals surface area contributed by atoms with E-state index in [1.807, 2.05) is 24.0 Å². The van der Waals surface area contributed by atoms with Gasteiger partial charge in [-0.15, -0.1) is 0 Å². The van der Waals surface area contributed by atoms with Crippen LogP contribution in [0.25, 0.3) is 0 Å². The smallest absolute Gasteiger partial charge is 0.243 e. The molecule has 186 valence electrons. The Balaban J connectivity index is 1.26. The van der Waals surface area contributed by atoms with Gasteiger partial charge in [-0.1, -0.05) is 0 Å². The monoisotopic (exact) mass is 492 g/mol. The van der Waals surface area contributed by atoms with Gasteiger partial charge in [0.2, 0.25) is 10.0 Å². The number of ether oxygens (including phenoxy) is 4. The molecular formula is C24H32N2O7S. The average Bonchev–Trinajstić information content (AvgIpc) is 3.09. The zero-order valence-corrected chi connectivity index (χ0v) is 20.2. The molecule has 2 aliphatic heterocycles. The summed E-state index contributed by atoms with van der Waals surface area (Å²) in [5.74, 6) is 2.47. The first-order valence-corrected chi connectivity index (χ1v) is 13.1. The molecule has 4 rings (SSSR count). The molecule has 2 heterocycles. The number of fused-ring (bicyclic) bond motifs is 1. The van der Waals surface area contributed by atoms with E-state index in [-0.39, 0.29) is 11.5 Å². The number of hydrogen-bond acceptors (Lipinski definition) is 8. The number of nitrogens with zero attached hydrogens (tertiary/aromatic N) is 2. The lowest BCUT2D eigenvalue weighted by atomic mass is 10.3. The molecule has 0 saturated carbocycles. The number of rotatable bonds is 9. The minimum atomic E-state index is -3.64. The number of sulfonamides is 1. The predicted octanol–water partition coefficient (Wildman–Crippen LogP) is 1.99. The lowest BCUT2D eigenvalue weighted by Gasteiger charge is -2.34. The number of benzene rings is 2. The summed E-state index contributed by atoms with van der Waals surface area (Å²) in [4.78, 5) is 2.25. The Kier molecular flexibility index (Phi) is 8.15. The van der Waals surface area contributed by atoms with Crippen LogP contribution in [0.5, 0.6) is 23.0 Å². The molecule has 2 aliphatic rings. The fourth-order valence-corrected chi connectivity index (χ4v) is 5.39. The van der Waals surface area contributed by atoms with Gasteiger partial charge in [-0.05, 0) is 43.3 Å². The molecular weight excluding hydrogens is 460 g/mol. The predicted molar refractivity (Wildman–Crippen MR) is 126 cm³/mol. The van der Waals surface area contributed by atoms with Crippen LogP contribution in [0, 0.1) is 0 Å². The van der Waals surface area contributed by atoms with Crippen molar-refractivity contribution in [3.63, 3.8) is 0 Å². The van der Waals surface area contributed by atoms with Gasteiger partial charge in [0.25, 0.3) is 0 Å². The van der Waals surface area contributed by atoms with Gasteiger partial charge < -0.3 is 24.1 Å². The van der Waals surface area contributed by atoms with Crippen LogP contribution in [0.2, 0.25) is 0 Å². The summed E-state index contributed by atoms with van der Waals surface area (Å²) in [7, 11) is -3.64. The Morgan fingerprint density at radius 3 is 2.26 bits per heavy atom. The third kappa shape index (κ3) is 6.12. The van der Waals surface area contributed by atoms with E-state index in [2.05, 4.69) is 0 Å². The maximum absolute atomic E-state index is 13.1. The second kappa shape index (κ2) is 11.3. The van der Waals surface area contributed by atoms with Crippen LogP contribution in [0.1, 0.15) is 13.3 Å². The van der Waals surface area contributed by atoms with Crippen LogP contribution in [-0.2, 0) is 10.0 Å². The highest BCUT2D eigenvalue weighted by Crippen LogP contribution is 2.33. The van der Waals surface area contributed by atoms with Crippen molar-refractivity contribution in [2.24, 2.45) is 0 Å².